The molecule has 0 atom stereocenters. The largest absolute Gasteiger partial charge is 0.497 e. The van der Waals surface area contributed by atoms with Crippen LogP contribution in [-0.4, -0.2) is 29.6 Å². The second kappa shape index (κ2) is 10.3. The highest BCUT2D eigenvalue weighted by Crippen LogP contribution is 2.23. The van der Waals surface area contributed by atoms with Gasteiger partial charge in [0.05, 0.1) is 25.0 Å². The Balaban J connectivity index is 1.92. The molecule has 0 spiro atoms. The first-order chi connectivity index (χ1) is 15.5. The number of hydrogen-bond donors (Lipinski definition) is 1. The molecule has 3 rings (SSSR count). The number of aromatic nitrogens is 1. The van der Waals surface area contributed by atoms with Gasteiger partial charge in [-0.05, 0) is 67.8 Å². The van der Waals surface area contributed by atoms with Crippen molar-refractivity contribution in [1.29, 1.82) is 5.26 Å². The summed E-state index contributed by atoms with van der Waals surface area (Å²) < 4.78 is 11.8. The van der Waals surface area contributed by atoms with Crippen molar-refractivity contribution < 1.29 is 14.6 Å². The lowest BCUT2D eigenvalue weighted by Crippen LogP contribution is -2.26. The van der Waals surface area contributed by atoms with Crippen LogP contribution >= 0.6 is 0 Å². The average Bonchev–Trinajstić information content (AvgIpc) is 2.81. The molecular weight excluding hydrogens is 406 g/mol. The van der Waals surface area contributed by atoms with Crippen molar-refractivity contribution in [2.75, 3.05) is 13.7 Å². The Morgan fingerprint density at radius 3 is 2.38 bits per heavy atom. The number of aromatic hydroxyl groups is 1. The molecule has 0 amide bonds. The number of aryl methyl sites for hydroxylation is 1. The predicted molar refractivity (Wildman–Crippen MR) is 123 cm³/mol. The number of hydrogen-bond acceptors (Lipinski definition) is 6. The highest BCUT2D eigenvalue weighted by molar-refractivity contribution is 5.87. The summed E-state index contributed by atoms with van der Waals surface area (Å²) in [6.45, 7) is 4.33. The van der Waals surface area contributed by atoms with Gasteiger partial charge < -0.3 is 14.6 Å². The third-order valence-electron chi connectivity index (χ3n) is 5.12. The van der Waals surface area contributed by atoms with Crippen molar-refractivity contribution in [1.82, 2.24) is 4.57 Å². The molecule has 1 N–H and O–H groups in total. The van der Waals surface area contributed by atoms with Crippen LogP contribution in [0.1, 0.15) is 29.2 Å². The van der Waals surface area contributed by atoms with Gasteiger partial charge in [0.15, 0.2) is 0 Å². The number of aliphatic imine (C=N–C) groups is 1. The first-order valence-corrected chi connectivity index (χ1v) is 10.2. The van der Waals surface area contributed by atoms with Gasteiger partial charge in [0, 0.05) is 12.8 Å². The van der Waals surface area contributed by atoms with Crippen LogP contribution in [0.2, 0.25) is 0 Å². The van der Waals surface area contributed by atoms with Crippen LogP contribution in [0, 0.1) is 18.3 Å². The minimum absolute atomic E-state index is 0.00863. The second-order valence-corrected chi connectivity index (χ2v) is 7.09. The van der Waals surface area contributed by atoms with E-state index in [1.807, 2.05) is 37.3 Å². The Morgan fingerprint density at radius 2 is 1.78 bits per heavy atom. The third kappa shape index (κ3) is 4.98. The zero-order chi connectivity index (χ0) is 23.1. The Morgan fingerprint density at radius 1 is 1.12 bits per heavy atom. The van der Waals surface area contributed by atoms with Crippen LogP contribution in [-0.2, 0) is 13.0 Å². The summed E-state index contributed by atoms with van der Waals surface area (Å²) in [5, 5.41) is 20.4. The van der Waals surface area contributed by atoms with Gasteiger partial charge in [0.1, 0.15) is 23.1 Å². The van der Waals surface area contributed by atoms with Crippen LogP contribution in [0.15, 0.2) is 58.3 Å². The summed E-state index contributed by atoms with van der Waals surface area (Å²) in [6, 6.07) is 16.6. The van der Waals surface area contributed by atoms with E-state index in [0.717, 1.165) is 17.1 Å². The molecule has 32 heavy (non-hydrogen) atoms. The second-order valence-electron chi connectivity index (χ2n) is 7.09. The first kappa shape index (κ1) is 22.6. The molecule has 0 saturated heterocycles. The van der Waals surface area contributed by atoms with Gasteiger partial charge in [-0.3, -0.25) is 14.4 Å². The van der Waals surface area contributed by atoms with Gasteiger partial charge in [-0.15, -0.1) is 0 Å². The zero-order valence-corrected chi connectivity index (χ0v) is 18.3. The van der Waals surface area contributed by atoms with Crippen LogP contribution in [0.5, 0.6) is 17.4 Å². The van der Waals surface area contributed by atoms with E-state index in [-0.39, 0.29) is 18.0 Å². The molecule has 0 aliphatic carbocycles. The van der Waals surface area contributed by atoms with Crippen LogP contribution in [0.25, 0.3) is 0 Å². The molecule has 0 aliphatic rings. The van der Waals surface area contributed by atoms with Gasteiger partial charge in [-0.25, -0.2) is 0 Å². The Hall–Kier alpha value is -4.05. The van der Waals surface area contributed by atoms with E-state index in [9.17, 15) is 15.2 Å². The molecule has 0 fully saturated rings. The fraction of sp³-hybridized carbons (Fsp3) is 0.240. The number of nitrogens with zero attached hydrogens (tertiary/aromatic N) is 3. The molecule has 0 radical (unpaired) electrons. The summed E-state index contributed by atoms with van der Waals surface area (Å²) in [7, 11) is 1.60. The molecule has 0 saturated carbocycles. The SMILES string of the molecule is CCOc1ccc(N=Cc2c(C)c(C#N)c(=O)n(CCc3ccc(OC)cc3)c2O)cc1. The third-order valence-corrected chi connectivity index (χ3v) is 5.12. The first-order valence-electron chi connectivity index (χ1n) is 10.2. The number of methoxy groups -OCH3 is 1. The average molecular weight is 431 g/mol. The Kier molecular flexibility index (Phi) is 7.29. The van der Waals surface area contributed by atoms with E-state index in [0.29, 0.717) is 29.8 Å². The maximum Gasteiger partial charge on any atom is 0.271 e. The maximum atomic E-state index is 12.8. The van der Waals surface area contributed by atoms with Crippen LogP contribution in [0.3, 0.4) is 0 Å². The fourth-order valence-corrected chi connectivity index (χ4v) is 3.30. The van der Waals surface area contributed by atoms with Crippen molar-refractivity contribution in [3.8, 4) is 23.4 Å². The van der Waals surface area contributed by atoms with Crippen molar-refractivity contribution >= 4 is 11.9 Å². The molecule has 0 aliphatic heterocycles. The molecule has 2 aromatic carbocycles. The minimum Gasteiger partial charge on any atom is -0.497 e. The van der Waals surface area contributed by atoms with Gasteiger partial charge in [-0.1, -0.05) is 12.1 Å². The summed E-state index contributed by atoms with van der Waals surface area (Å²) in [5.74, 6) is 1.27. The molecule has 0 bridgehead atoms. The smallest absolute Gasteiger partial charge is 0.271 e. The molecule has 3 aromatic rings. The molecule has 0 unspecified atom stereocenters. The molecule has 7 heteroatoms. The van der Waals surface area contributed by atoms with E-state index in [4.69, 9.17) is 9.47 Å². The topological polar surface area (TPSA) is 96.8 Å². The van der Waals surface area contributed by atoms with E-state index in [2.05, 4.69) is 4.99 Å². The molecule has 1 aromatic heterocycles. The lowest BCUT2D eigenvalue weighted by Gasteiger charge is -2.14. The highest BCUT2D eigenvalue weighted by atomic mass is 16.5. The Labute approximate surface area is 186 Å². The lowest BCUT2D eigenvalue weighted by molar-refractivity contribution is 0.340. The van der Waals surface area contributed by atoms with Gasteiger partial charge >= 0.3 is 0 Å². The monoisotopic (exact) mass is 431 g/mol. The number of rotatable bonds is 8. The molecule has 1 heterocycles. The van der Waals surface area contributed by atoms with Crippen molar-refractivity contribution in [2.45, 2.75) is 26.8 Å². The van der Waals surface area contributed by atoms with Gasteiger partial charge in [0.2, 0.25) is 5.88 Å². The lowest BCUT2D eigenvalue weighted by atomic mass is 10.1. The summed E-state index contributed by atoms with van der Waals surface area (Å²) in [4.78, 5) is 17.2. The molecular formula is C25H25N3O4. The molecule has 164 valence electrons. The van der Waals surface area contributed by atoms with Crippen molar-refractivity contribution in [3.63, 3.8) is 0 Å². The van der Waals surface area contributed by atoms with Gasteiger partial charge in [-0.2, -0.15) is 5.26 Å². The summed E-state index contributed by atoms with van der Waals surface area (Å²) in [6.07, 6.45) is 1.98. The quantitative estimate of drug-likeness (QED) is 0.541. The van der Waals surface area contributed by atoms with E-state index in [1.54, 1.807) is 38.3 Å². The van der Waals surface area contributed by atoms with E-state index >= 15 is 0 Å². The van der Waals surface area contributed by atoms with E-state index < -0.39 is 5.56 Å². The van der Waals surface area contributed by atoms with Gasteiger partial charge in [0.25, 0.3) is 5.56 Å². The van der Waals surface area contributed by atoms with Crippen molar-refractivity contribution in [3.05, 3.63) is 81.1 Å². The number of benzene rings is 2. The van der Waals surface area contributed by atoms with Crippen LogP contribution in [0.4, 0.5) is 5.69 Å². The number of pyridine rings is 1. The highest BCUT2D eigenvalue weighted by Gasteiger charge is 2.18. The van der Waals surface area contributed by atoms with Crippen LogP contribution < -0.4 is 15.0 Å². The molecule has 7 nitrogen and oxygen atoms in total. The number of ether oxygens (including phenoxy) is 2. The number of nitriles is 1. The normalized spacial score (nSPS) is 10.8. The predicted octanol–water partition coefficient (Wildman–Crippen LogP) is 4.13. The van der Waals surface area contributed by atoms with E-state index in [1.165, 1.54) is 10.8 Å². The van der Waals surface area contributed by atoms with Crippen molar-refractivity contribution in [2.24, 2.45) is 4.99 Å². The minimum atomic E-state index is -0.519. The zero-order valence-electron chi connectivity index (χ0n) is 18.3. The summed E-state index contributed by atoms with van der Waals surface area (Å²) in [5.41, 5.74) is 1.83. The maximum absolute atomic E-state index is 12.8. The fourth-order valence-electron chi connectivity index (χ4n) is 3.30. The standard InChI is InChI=1S/C25H25N3O4/c1-4-32-21-11-7-19(8-12-21)27-16-23-17(2)22(15-26)24(29)28(25(23)30)14-13-18-5-9-20(31-3)10-6-18/h5-12,16,30H,4,13-14H2,1-3H3. The Bertz CT molecular complexity index is 1200. The summed E-state index contributed by atoms with van der Waals surface area (Å²) >= 11 is 0.